The van der Waals surface area contributed by atoms with Crippen molar-refractivity contribution in [1.29, 1.82) is 5.26 Å². The molecule has 7 heteroatoms. The molecular weight excluding hydrogens is 384 g/mol. The van der Waals surface area contributed by atoms with E-state index in [9.17, 15) is 10.1 Å². The van der Waals surface area contributed by atoms with E-state index in [4.69, 9.17) is 24.7 Å². The van der Waals surface area contributed by atoms with Crippen molar-refractivity contribution in [2.75, 3.05) is 20.8 Å². The summed E-state index contributed by atoms with van der Waals surface area (Å²) in [4.78, 5) is 13.0. The van der Waals surface area contributed by atoms with E-state index in [1.54, 1.807) is 37.3 Å². The third kappa shape index (κ3) is 3.94. The highest BCUT2D eigenvalue weighted by Crippen LogP contribution is 2.44. The summed E-state index contributed by atoms with van der Waals surface area (Å²) in [6.45, 7) is 1.88. The van der Waals surface area contributed by atoms with Gasteiger partial charge in [0.1, 0.15) is 28.9 Å². The van der Waals surface area contributed by atoms with E-state index >= 15 is 0 Å². The number of carbonyl (C=O) groups is 1. The van der Waals surface area contributed by atoms with Crippen molar-refractivity contribution in [3.63, 3.8) is 0 Å². The molecule has 0 bridgehead atoms. The van der Waals surface area contributed by atoms with E-state index < -0.39 is 11.9 Å². The molecule has 1 atom stereocenters. The van der Waals surface area contributed by atoms with Crippen molar-refractivity contribution < 1.29 is 23.7 Å². The lowest BCUT2D eigenvalue weighted by atomic mass is 9.82. The molecule has 2 aromatic carbocycles. The van der Waals surface area contributed by atoms with E-state index in [-0.39, 0.29) is 29.4 Å². The molecule has 30 heavy (non-hydrogen) atoms. The number of esters is 1. The number of allylic oxidation sites excluding steroid dienone is 1. The van der Waals surface area contributed by atoms with Crippen LogP contribution in [0.3, 0.4) is 0 Å². The fraction of sp³-hybridized carbons (Fsp3) is 0.217. The summed E-state index contributed by atoms with van der Waals surface area (Å²) in [6, 6.07) is 16.3. The summed E-state index contributed by atoms with van der Waals surface area (Å²) < 4.78 is 21.8. The molecule has 1 heterocycles. The topological polar surface area (TPSA) is 104 Å². The van der Waals surface area contributed by atoms with Crippen LogP contribution >= 0.6 is 0 Å². The van der Waals surface area contributed by atoms with E-state index in [2.05, 4.69) is 6.07 Å². The third-order valence-corrected chi connectivity index (χ3v) is 4.66. The van der Waals surface area contributed by atoms with Gasteiger partial charge in [0, 0.05) is 11.6 Å². The number of rotatable bonds is 6. The zero-order valence-electron chi connectivity index (χ0n) is 17.0. The largest absolute Gasteiger partial charge is 0.497 e. The molecule has 0 spiro atoms. The standard InChI is InChI=1S/C23H22N2O5/c1-4-29-23(26)20-19(15-10-16(27-2)12-17(11-15)28-3)18(13-24)22(25)30-21(20)14-8-6-5-7-9-14/h5-12,19H,4,25H2,1-3H3. The molecule has 0 amide bonds. The molecule has 2 N–H and O–H groups in total. The molecule has 0 aromatic heterocycles. The normalized spacial score (nSPS) is 15.9. The molecule has 2 aromatic rings. The van der Waals surface area contributed by atoms with E-state index in [0.29, 0.717) is 22.6 Å². The average molecular weight is 406 g/mol. The van der Waals surface area contributed by atoms with Crippen molar-refractivity contribution >= 4 is 11.7 Å². The van der Waals surface area contributed by atoms with Crippen LogP contribution in [0.15, 0.2) is 65.6 Å². The van der Waals surface area contributed by atoms with Crippen molar-refractivity contribution in [1.82, 2.24) is 0 Å². The van der Waals surface area contributed by atoms with Crippen molar-refractivity contribution in [3.8, 4) is 17.6 Å². The van der Waals surface area contributed by atoms with Gasteiger partial charge in [-0.15, -0.1) is 0 Å². The van der Waals surface area contributed by atoms with Gasteiger partial charge >= 0.3 is 5.97 Å². The lowest BCUT2D eigenvalue weighted by Crippen LogP contribution is -2.26. The first kappa shape index (κ1) is 20.8. The van der Waals surface area contributed by atoms with Gasteiger partial charge in [0.2, 0.25) is 5.88 Å². The number of nitriles is 1. The maximum Gasteiger partial charge on any atom is 0.338 e. The number of carbonyl (C=O) groups excluding carboxylic acids is 1. The smallest absolute Gasteiger partial charge is 0.338 e. The first-order valence-corrected chi connectivity index (χ1v) is 9.31. The first-order valence-electron chi connectivity index (χ1n) is 9.31. The molecule has 0 radical (unpaired) electrons. The molecule has 0 saturated heterocycles. The van der Waals surface area contributed by atoms with Gasteiger partial charge in [0.25, 0.3) is 0 Å². The minimum absolute atomic E-state index is 0.0730. The third-order valence-electron chi connectivity index (χ3n) is 4.66. The summed E-state index contributed by atoms with van der Waals surface area (Å²) >= 11 is 0. The maximum absolute atomic E-state index is 13.0. The second-order valence-electron chi connectivity index (χ2n) is 6.40. The Morgan fingerprint density at radius 1 is 1.13 bits per heavy atom. The second-order valence-corrected chi connectivity index (χ2v) is 6.40. The second kappa shape index (κ2) is 9.05. The van der Waals surface area contributed by atoms with E-state index in [0.717, 1.165) is 0 Å². The number of ether oxygens (including phenoxy) is 4. The van der Waals surface area contributed by atoms with Gasteiger partial charge in [-0.3, -0.25) is 0 Å². The Labute approximate surface area is 174 Å². The van der Waals surface area contributed by atoms with Gasteiger partial charge in [-0.05, 0) is 24.6 Å². The molecule has 0 saturated carbocycles. The summed E-state index contributed by atoms with van der Waals surface area (Å²) in [5, 5.41) is 9.83. The summed E-state index contributed by atoms with van der Waals surface area (Å²) in [5.74, 6) is -0.216. The van der Waals surface area contributed by atoms with Crippen LogP contribution in [-0.4, -0.2) is 26.8 Å². The van der Waals surface area contributed by atoms with E-state index in [1.165, 1.54) is 14.2 Å². The lowest BCUT2D eigenvalue weighted by Gasteiger charge is -2.28. The molecule has 1 aliphatic heterocycles. The fourth-order valence-corrected chi connectivity index (χ4v) is 3.31. The van der Waals surface area contributed by atoms with Gasteiger partial charge < -0.3 is 24.7 Å². The minimum atomic E-state index is -0.818. The minimum Gasteiger partial charge on any atom is -0.497 e. The molecular formula is C23H22N2O5. The van der Waals surface area contributed by atoms with Gasteiger partial charge in [0.15, 0.2) is 0 Å². The Balaban J connectivity index is 2.32. The Hall–Kier alpha value is -3.92. The Morgan fingerprint density at radius 2 is 1.77 bits per heavy atom. The summed E-state index contributed by atoms with van der Waals surface area (Å²) in [7, 11) is 3.05. The highest BCUT2D eigenvalue weighted by molar-refractivity contribution is 6.00. The number of nitrogens with zero attached hydrogens (tertiary/aromatic N) is 1. The SMILES string of the molecule is CCOC(=O)C1=C(c2ccccc2)OC(N)=C(C#N)C1c1cc(OC)cc(OC)c1. The van der Waals surface area contributed by atoms with Gasteiger partial charge in [-0.1, -0.05) is 30.3 Å². The quantitative estimate of drug-likeness (QED) is 0.732. The van der Waals surface area contributed by atoms with Crippen molar-refractivity contribution in [2.45, 2.75) is 12.8 Å². The predicted molar refractivity (Wildman–Crippen MR) is 110 cm³/mol. The molecule has 7 nitrogen and oxygen atoms in total. The number of hydrogen-bond acceptors (Lipinski definition) is 7. The zero-order chi connectivity index (χ0) is 21.7. The summed E-state index contributed by atoms with van der Waals surface area (Å²) in [6.07, 6.45) is 0. The van der Waals surface area contributed by atoms with Crippen LogP contribution in [0.2, 0.25) is 0 Å². The number of methoxy groups -OCH3 is 2. The molecule has 154 valence electrons. The van der Waals surface area contributed by atoms with E-state index in [1.807, 2.05) is 18.2 Å². The highest BCUT2D eigenvalue weighted by Gasteiger charge is 2.38. The number of hydrogen-bond donors (Lipinski definition) is 1. The number of nitrogens with two attached hydrogens (primary N) is 1. The van der Waals surface area contributed by atoms with Gasteiger partial charge in [-0.2, -0.15) is 5.26 Å². The monoisotopic (exact) mass is 406 g/mol. The number of benzene rings is 2. The molecule has 1 unspecified atom stereocenters. The van der Waals surface area contributed by atoms with Crippen LogP contribution < -0.4 is 15.2 Å². The van der Waals surface area contributed by atoms with Crippen LogP contribution in [0.1, 0.15) is 24.0 Å². The molecule has 3 rings (SSSR count). The zero-order valence-corrected chi connectivity index (χ0v) is 17.0. The lowest BCUT2D eigenvalue weighted by molar-refractivity contribution is -0.138. The van der Waals surface area contributed by atoms with Crippen LogP contribution in [0.25, 0.3) is 5.76 Å². The highest BCUT2D eigenvalue weighted by atomic mass is 16.5. The predicted octanol–water partition coefficient (Wildman–Crippen LogP) is 3.49. The fourth-order valence-electron chi connectivity index (χ4n) is 3.31. The van der Waals surface area contributed by atoms with Crippen LogP contribution in [0.4, 0.5) is 0 Å². The van der Waals surface area contributed by atoms with Gasteiger partial charge in [0.05, 0.1) is 32.3 Å². The maximum atomic E-state index is 13.0. The Bertz CT molecular complexity index is 1030. The Kier molecular flexibility index (Phi) is 6.28. The molecule has 0 fully saturated rings. The molecule has 1 aliphatic rings. The van der Waals surface area contributed by atoms with Gasteiger partial charge in [-0.25, -0.2) is 4.79 Å². The van der Waals surface area contributed by atoms with Crippen LogP contribution in [0, 0.1) is 11.3 Å². The Morgan fingerprint density at radius 3 is 2.30 bits per heavy atom. The average Bonchev–Trinajstić information content (AvgIpc) is 2.78. The molecule has 0 aliphatic carbocycles. The van der Waals surface area contributed by atoms with Crippen molar-refractivity contribution in [3.05, 3.63) is 76.7 Å². The summed E-state index contributed by atoms with van der Waals surface area (Å²) in [5.41, 5.74) is 7.63. The first-order chi connectivity index (χ1) is 14.5. The van der Waals surface area contributed by atoms with Crippen molar-refractivity contribution in [2.24, 2.45) is 5.73 Å². The van der Waals surface area contributed by atoms with Crippen LogP contribution in [-0.2, 0) is 14.3 Å². The van der Waals surface area contributed by atoms with Crippen LogP contribution in [0.5, 0.6) is 11.5 Å².